The van der Waals surface area contributed by atoms with Gasteiger partial charge in [-0.1, -0.05) is 12.1 Å². The summed E-state index contributed by atoms with van der Waals surface area (Å²) >= 11 is 0. The zero-order chi connectivity index (χ0) is 20.4. The van der Waals surface area contributed by atoms with Crippen LogP contribution in [0.1, 0.15) is 44.1 Å². The van der Waals surface area contributed by atoms with E-state index in [0.717, 1.165) is 48.3 Å². The van der Waals surface area contributed by atoms with E-state index in [1.54, 1.807) is 14.2 Å². The average Bonchev–Trinajstić information content (AvgIpc) is 2.70. The lowest BCUT2D eigenvalue weighted by Gasteiger charge is -2.60. The van der Waals surface area contributed by atoms with Gasteiger partial charge in [0.05, 0.1) is 20.2 Å². The first-order chi connectivity index (χ1) is 14.0. The Bertz CT molecular complexity index is 728. The van der Waals surface area contributed by atoms with Crippen molar-refractivity contribution in [2.24, 2.45) is 17.8 Å². The highest BCUT2D eigenvalue weighted by molar-refractivity contribution is 5.81. The third-order valence-corrected chi connectivity index (χ3v) is 7.20. The van der Waals surface area contributed by atoms with E-state index in [1.807, 2.05) is 18.2 Å². The van der Waals surface area contributed by atoms with Gasteiger partial charge in [0.1, 0.15) is 5.75 Å². The Morgan fingerprint density at radius 3 is 2.34 bits per heavy atom. The van der Waals surface area contributed by atoms with Crippen LogP contribution in [-0.2, 0) is 16.1 Å². The molecule has 0 unspecified atom stereocenters. The number of nitrogens with one attached hydrogen (secondary N) is 2. The number of amides is 2. The number of ether oxygens (including phenoxy) is 1. The molecule has 0 heterocycles. The lowest BCUT2D eigenvalue weighted by atomic mass is 9.52. The summed E-state index contributed by atoms with van der Waals surface area (Å²) in [5.41, 5.74) is 1.07. The zero-order valence-electron chi connectivity index (χ0n) is 17.6. The van der Waals surface area contributed by atoms with Crippen molar-refractivity contribution in [3.8, 4) is 5.75 Å². The first-order valence-electron chi connectivity index (χ1n) is 10.9. The van der Waals surface area contributed by atoms with Crippen molar-refractivity contribution in [3.63, 3.8) is 0 Å². The Hall–Kier alpha value is -2.08. The number of carbonyl (C=O) groups excluding carboxylic acids is 2. The minimum absolute atomic E-state index is 0.0242. The van der Waals surface area contributed by atoms with Crippen molar-refractivity contribution in [2.45, 2.75) is 50.6 Å². The van der Waals surface area contributed by atoms with E-state index in [0.29, 0.717) is 6.54 Å². The predicted molar refractivity (Wildman–Crippen MR) is 111 cm³/mol. The summed E-state index contributed by atoms with van der Waals surface area (Å²) in [6, 6.07) is 8.02. The Kier molecular flexibility index (Phi) is 5.81. The van der Waals surface area contributed by atoms with Gasteiger partial charge in [0.15, 0.2) is 0 Å². The molecule has 29 heavy (non-hydrogen) atoms. The van der Waals surface area contributed by atoms with Crippen LogP contribution in [0.4, 0.5) is 0 Å². The summed E-state index contributed by atoms with van der Waals surface area (Å²) < 4.78 is 5.39. The second-order valence-corrected chi connectivity index (χ2v) is 9.25. The monoisotopic (exact) mass is 399 g/mol. The molecule has 4 fully saturated rings. The molecule has 158 valence electrons. The molecular weight excluding hydrogens is 366 g/mol. The number of hydrogen-bond acceptors (Lipinski definition) is 4. The molecule has 1 aromatic rings. The van der Waals surface area contributed by atoms with Crippen LogP contribution in [0, 0.1) is 17.8 Å². The van der Waals surface area contributed by atoms with Gasteiger partial charge in [-0.25, -0.2) is 0 Å². The molecule has 4 aliphatic carbocycles. The first-order valence-corrected chi connectivity index (χ1v) is 10.9. The molecule has 5 rings (SSSR count). The number of nitrogens with zero attached hydrogens (tertiary/aromatic N) is 1. The number of benzene rings is 1. The van der Waals surface area contributed by atoms with Gasteiger partial charge in [-0.2, -0.15) is 0 Å². The molecule has 0 aromatic heterocycles. The van der Waals surface area contributed by atoms with E-state index >= 15 is 0 Å². The number of methoxy groups -OCH3 is 1. The van der Waals surface area contributed by atoms with E-state index in [1.165, 1.54) is 19.3 Å². The third-order valence-electron chi connectivity index (χ3n) is 7.20. The Balaban J connectivity index is 1.55. The lowest BCUT2D eigenvalue weighted by Crippen LogP contribution is -2.62. The summed E-state index contributed by atoms with van der Waals surface area (Å²) in [5, 5.41) is 5.62. The van der Waals surface area contributed by atoms with E-state index in [-0.39, 0.29) is 30.4 Å². The summed E-state index contributed by atoms with van der Waals surface area (Å²) in [6.07, 6.45) is 7.42. The van der Waals surface area contributed by atoms with Gasteiger partial charge in [0.25, 0.3) is 0 Å². The second-order valence-electron chi connectivity index (χ2n) is 9.25. The molecule has 4 saturated carbocycles. The fourth-order valence-electron chi connectivity index (χ4n) is 6.34. The van der Waals surface area contributed by atoms with Crippen LogP contribution in [0.15, 0.2) is 24.3 Å². The first kappa shape index (κ1) is 20.2. The van der Waals surface area contributed by atoms with E-state index in [4.69, 9.17) is 4.74 Å². The van der Waals surface area contributed by atoms with Crippen molar-refractivity contribution in [3.05, 3.63) is 29.8 Å². The van der Waals surface area contributed by atoms with Crippen molar-refractivity contribution < 1.29 is 14.3 Å². The predicted octanol–water partition coefficient (Wildman–Crippen LogP) is 2.33. The summed E-state index contributed by atoms with van der Waals surface area (Å²) in [6.45, 7) is 0.957. The van der Waals surface area contributed by atoms with Gasteiger partial charge in [-0.05, 0) is 74.0 Å². The molecule has 6 heteroatoms. The fourth-order valence-corrected chi connectivity index (χ4v) is 6.34. The van der Waals surface area contributed by atoms with Crippen LogP contribution in [0.2, 0.25) is 0 Å². The smallest absolute Gasteiger partial charge is 0.237 e. The summed E-state index contributed by atoms with van der Waals surface area (Å²) in [5.74, 6) is 3.10. The Morgan fingerprint density at radius 1 is 1.10 bits per heavy atom. The highest BCUT2D eigenvalue weighted by Gasteiger charge is 2.54. The van der Waals surface area contributed by atoms with Gasteiger partial charge in [0.2, 0.25) is 11.8 Å². The largest absolute Gasteiger partial charge is 0.497 e. The molecule has 0 atom stereocenters. The normalized spacial score (nSPS) is 29.5. The number of likely N-dealkylation sites (N-methyl/N-ethyl adjacent to an activating group) is 1. The van der Waals surface area contributed by atoms with Gasteiger partial charge < -0.3 is 15.0 Å². The van der Waals surface area contributed by atoms with Crippen molar-refractivity contribution in [1.29, 1.82) is 0 Å². The van der Waals surface area contributed by atoms with Crippen molar-refractivity contribution in [1.82, 2.24) is 15.5 Å². The topological polar surface area (TPSA) is 70.7 Å². The molecule has 4 bridgehead atoms. The van der Waals surface area contributed by atoms with Gasteiger partial charge in [-0.3, -0.25) is 14.9 Å². The van der Waals surface area contributed by atoms with E-state index in [9.17, 15) is 9.59 Å². The van der Waals surface area contributed by atoms with Gasteiger partial charge in [0, 0.05) is 19.1 Å². The molecular formula is C23H33N3O3. The quantitative estimate of drug-likeness (QED) is 0.704. The molecule has 4 aliphatic rings. The molecule has 0 spiro atoms. The van der Waals surface area contributed by atoms with Gasteiger partial charge >= 0.3 is 0 Å². The summed E-state index contributed by atoms with van der Waals surface area (Å²) in [7, 11) is 3.28. The minimum atomic E-state index is -0.105. The lowest BCUT2D eigenvalue weighted by molar-refractivity contribution is -0.151. The maximum atomic E-state index is 13.4. The molecule has 6 nitrogen and oxygen atoms in total. The third kappa shape index (κ3) is 4.27. The highest BCUT2D eigenvalue weighted by atomic mass is 16.5. The van der Waals surface area contributed by atoms with Crippen LogP contribution in [0.5, 0.6) is 5.75 Å². The minimum Gasteiger partial charge on any atom is -0.497 e. The van der Waals surface area contributed by atoms with Crippen LogP contribution in [0.25, 0.3) is 0 Å². The SMILES string of the molecule is CNC(=O)CNCC(=O)N(Cc1cccc(OC)c1)C12CC3CC(CC(C3)C1)C2. The second kappa shape index (κ2) is 8.34. The molecule has 0 radical (unpaired) electrons. The molecule has 0 saturated heterocycles. The standard InChI is InChI=1S/C23H33N3O3/c1-24-21(27)13-25-14-22(28)26(15-16-4-3-5-20(9-16)29-2)23-10-17-6-18(11-23)8-19(7-17)12-23/h3-5,9,17-19,25H,6-8,10-15H2,1-2H3,(H,24,27). The fraction of sp³-hybridized carbons (Fsp3) is 0.652. The van der Waals surface area contributed by atoms with Crippen LogP contribution < -0.4 is 15.4 Å². The van der Waals surface area contributed by atoms with E-state index in [2.05, 4.69) is 21.6 Å². The molecule has 2 amide bonds. The van der Waals surface area contributed by atoms with Crippen LogP contribution in [-0.4, -0.2) is 49.5 Å². The maximum Gasteiger partial charge on any atom is 0.237 e. The van der Waals surface area contributed by atoms with Gasteiger partial charge in [-0.15, -0.1) is 0 Å². The van der Waals surface area contributed by atoms with Crippen molar-refractivity contribution in [2.75, 3.05) is 27.2 Å². The number of carbonyl (C=O) groups is 2. The maximum absolute atomic E-state index is 13.4. The Morgan fingerprint density at radius 2 is 1.76 bits per heavy atom. The average molecular weight is 400 g/mol. The highest BCUT2D eigenvalue weighted by Crippen LogP contribution is 2.58. The van der Waals surface area contributed by atoms with Crippen LogP contribution >= 0.6 is 0 Å². The number of hydrogen-bond donors (Lipinski definition) is 2. The van der Waals surface area contributed by atoms with Crippen molar-refractivity contribution >= 4 is 11.8 Å². The zero-order valence-corrected chi connectivity index (χ0v) is 17.6. The molecule has 0 aliphatic heterocycles. The van der Waals surface area contributed by atoms with E-state index < -0.39 is 0 Å². The Labute approximate surface area is 173 Å². The molecule has 2 N–H and O–H groups in total. The van der Waals surface area contributed by atoms with Crippen LogP contribution in [0.3, 0.4) is 0 Å². The number of rotatable bonds is 8. The molecule has 1 aromatic carbocycles. The summed E-state index contributed by atoms with van der Waals surface area (Å²) in [4.78, 5) is 27.1.